The van der Waals surface area contributed by atoms with Crippen molar-refractivity contribution >= 4 is 30.4 Å². The predicted octanol–water partition coefficient (Wildman–Crippen LogP) is 1.73. The lowest BCUT2D eigenvalue weighted by Gasteiger charge is -2.23. The van der Waals surface area contributed by atoms with Crippen LogP contribution in [0.5, 0.6) is 0 Å². The van der Waals surface area contributed by atoms with E-state index in [4.69, 9.17) is 9.79 Å². The van der Waals surface area contributed by atoms with E-state index in [0.717, 1.165) is 22.0 Å². The number of aromatic nitrogens is 1. The number of carbonyl (C=O) groups is 2. The van der Waals surface area contributed by atoms with Crippen molar-refractivity contribution in [2.24, 2.45) is 5.92 Å². The Hall–Kier alpha value is -2.19. The fraction of sp³-hybridized carbons (Fsp3) is 0.474. The van der Waals surface area contributed by atoms with Crippen molar-refractivity contribution in [3.05, 3.63) is 35.5 Å². The summed E-state index contributed by atoms with van der Waals surface area (Å²) in [5.74, 6) is -1.72. The highest BCUT2D eigenvalue weighted by molar-refractivity contribution is 7.51. The molecular formula is C19H28N3O6P. The molecule has 1 amide bonds. The van der Waals surface area contributed by atoms with Crippen molar-refractivity contribution in [1.82, 2.24) is 15.6 Å². The number of carboxylic acids is 1. The van der Waals surface area contributed by atoms with Crippen molar-refractivity contribution in [1.29, 1.82) is 0 Å². The first-order chi connectivity index (χ1) is 13.5. The molecule has 0 radical (unpaired) electrons. The van der Waals surface area contributed by atoms with Gasteiger partial charge >= 0.3 is 13.6 Å². The Bertz CT molecular complexity index is 920. The van der Waals surface area contributed by atoms with E-state index in [2.05, 4.69) is 15.6 Å². The van der Waals surface area contributed by atoms with Gasteiger partial charge in [0.05, 0.1) is 12.3 Å². The van der Waals surface area contributed by atoms with E-state index in [1.54, 1.807) is 6.20 Å². The van der Waals surface area contributed by atoms with Gasteiger partial charge in [0.25, 0.3) is 0 Å². The monoisotopic (exact) mass is 425 g/mol. The zero-order chi connectivity index (χ0) is 21.8. The van der Waals surface area contributed by atoms with Gasteiger partial charge in [-0.15, -0.1) is 0 Å². The number of benzene rings is 1. The Labute approximate surface area is 169 Å². The number of aromatic amines is 1. The van der Waals surface area contributed by atoms with Crippen LogP contribution < -0.4 is 10.6 Å². The van der Waals surface area contributed by atoms with Gasteiger partial charge in [0, 0.05) is 23.5 Å². The number of hydrogen-bond acceptors (Lipinski definition) is 4. The van der Waals surface area contributed by atoms with Gasteiger partial charge in [-0.05, 0) is 37.0 Å². The number of amides is 1. The number of carboxylic acid groups (broad SMARTS) is 1. The summed E-state index contributed by atoms with van der Waals surface area (Å²) in [6.07, 6.45) is 1.46. The van der Waals surface area contributed by atoms with Crippen LogP contribution in [0.4, 0.5) is 0 Å². The average molecular weight is 425 g/mol. The molecule has 6 N–H and O–H groups in total. The maximum Gasteiger partial charge on any atom is 0.339 e. The normalized spacial score (nSPS) is 14.1. The van der Waals surface area contributed by atoms with Gasteiger partial charge in [-0.1, -0.05) is 25.5 Å². The molecular weight excluding hydrogens is 397 g/mol. The molecule has 0 unspecified atom stereocenters. The van der Waals surface area contributed by atoms with Crippen molar-refractivity contribution in [2.75, 3.05) is 6.29 Å². The first-order valence-corrected chi connectivity index (χ1v) is 11.1. The maximum atomic E-state index is 12.7. The maximum absolute atomic E-state index is 12.7. The van der Waals surface area contributed by atoms with Gasteiger partial charge in [-0.3, -0.25) is 14.7 Å². The first-order valence-electron chi connectivity index (χ1n) is 9.34. The van der Waals surface area contributed by atoms with E-state index < -0.39 is 37.8 Å². The first kappa shape index (κ1) is 23.1. The van der Waals surface area contributed by atoms with Gasteiger partial charge in [0.2, 0.25) is 5.91 Å². The van der Waals surface area contributed by atoms with E-state index in [-0.39, 0.29) is 12.3 Å². The molecule has 0 aliphatic heterocycles. The second-order valence-electron chi connectivity index (χ2n) is 7.68. The minimum absolute atomic E-state index is 0.0647. The summed E-state index contributed by atoms with van der Waals surface area (Å²) >= 11 is 0. The zero-order valence-electron chi connectivity index (χ0n) is 16.7. The number of fused-ring (bicyclic) bond motifs is 1. The molecule has 0 bridgehead atoms. The Morgan fingerprint density at radius 1 is 1.21 bits per heavy atom. The summed E-state index contributed by atoms with van der Waals surface area (Å²) in [6, 6.07) is 3.73. The summed E-state index contributed by atoms with van der Waals surface area (Å²) in [5, 5.41) is 15.6. The molecule has 1 aromatic carbocycles. The number of carbonyl (C=O) groups excluding carboxylic acids is 1. The Balaban J connectivity index is 2.16. The largest absolute Gasteiger partial charge is 0.480 e. The van der Waals surface area contributed by atoms with Crippen LogP contribution in [0.25, 0.3) is 10.9 Å². The third kappa shape index (κ3) is 6.97. The summed E-state index contributed by atoms with van der Waals surface area (Å²) in [6.45, 7) is 5.67. The minimum atomic E-state index is -4.35. The van der Waals surface area contributed by atoms with E-state index in [0.29, 0.717) is 6.42 Å². The molecule has 2 rings (SSSR count). The number of hydrogen-bond donors (Lipinski definition) is 6. The molecule has 0 aliphatic rings. The zero-order valence-corrected chi connectivity index (χ0v) is 17.6. The van der Waals surface area contributed by atoms with Crippen molar-refractivity contribution < 1.29 is 29.0 Å². The number of nitrogens with one attached hydrogen (secondary N) is 3. The molecule has 29 heavy (non-hydrogen) atoms. The number of rotatable bonds is 10. The Kier molecular flexibility index (Phi) is 7.60. The van der Waals surface area contributed by atoms with Crippen LogP contribution >= 0.6 is 7.60 Å². The molecule has 0 spiro atoms. The molecule has 10 heteroatoms. The highest BCUT2D eigenvalue weighted by Crippen LogP contribution is 2.32. The molecule has 9 nitrogen and oxygen atoms in total. The van der Waals surface area contributed by atoms with Crippen LogP contribution in [-0.4, -0.2) is 50.1 Å². The lowest BCUT2D eigenvalue weighted by atomic mass is 10.0. The third-order valence-corrected chi connectivity index (χ3v) is 5.12. The molecule has 2 atom stereocenters. The van der Waals surface area contributed by atoms with Gasteiger partial charge in [0.1, 0.15) is 6.04 Å². The van der Waals surface area contributed by atoms with Crippen LogP contribution in [0.1, 0.15) is 31.4 Å². The van der Waals surface area contributed by atoms with Gasteiger partial charge in [-0.2, -0.15) is 0 Å². The minimum Gasteiger partial charge on any atom is -0.480 e. The topological polar surface area (TPSA) is 152 Å². The van der Waals surface area contributed by atoms with Crippen molar-refractivity contribution in [3.8, 4) is 0 Å². The van der Waals surface area contributed by atoms with Gasteiger partial charge in [-0.25, -0.2) is 4.79 Å². The average Bonchev–Trinajstić information content (AvgIpc) is 2.98. The van der Waals surface area contributed by atoms with Crippen LogP contribution in [0, 0.1) is 12.8 Å². The third-order valence-electron chi connectivity index (χ3n) is 4.53. The second kappa shape index (κ2) is 9.54. The number of aliphatic carboxylic acids is 1. The van der Waals surface area contributed by atoms with Crippen LogP contribution in [-0.2, 0) is 20.6 Å². The van der Waals surface area contributed by atoms with Gasteiger partial charge < -0.3 is 25.2 Å². The molecule has 0 fully saturated rings. The molecule has 0 aliphatic carbocycles. The number of H-pyrrole nitrogens is 1. The molecule has 1 aromatic heterocycles. The van der Waals surface area contributed by atoms with E-state index in [9.17, 15) is 19.3 Å². The van der Waals surface area contributed by atoms with Crippen molar-refractivity contribution in [3.63, 3.8) is 0 Å². The summed E-state index contributed by atoms with van der Waals surface area (Å²) in [5.41, 5.74) is 2.68. The fourth-order valence-electron chi connectivity index (χ4n) is 3.14. The Morgan fingerprint density at radius 3 is 2.48 bits per heavy atom. The highest BCUT2D eigenvalue weighted by Gasteiger charge is 2.28. The van der Waals surface area contributed by atoms with E-state index >= 15 is 0 Å². The summed E-state index contributed by atoms with van der Waals surface area (Å²) < 4.78 is 11.1. The van der Waals surface area contributed by atoms with E-state index in [1.165, 1.54) is 0 Å². The number of aryl methyl sites for hydroxylation is 1. The summed E-state index contributed by atoms with van der Waals surface area (Å²) in [7, 11) is -4.35. The second-order valence-corrected chi connectivity index (χ2v) is 9.32. The quantitative estimate of drug-likeness (QED) is 0.317. The van der Waals surface area contributed by atoms with Crippen molar-refractivity contribution in [2.45, 2.75) is 45.7 Å². The lowest BCUT2D eigenvalue weighted by molar-refractivity contribution is -0.142. The van der Waals surface area contributed by atoms with Gasteiger partial charge in [0.15, 0.2) is 0 Å². The van der Waals surface area contributed by atoms with Crippen LogP contribution in [0.3, 0.4) is 0 Å². The van der Waals surface area contributed by atoms with Crippen LogP contribution in [0.2, 0.25) is 0 Å². The summed E-state index contributed by atoms with van der Waals surface area (Å²) in [4.78, 5) is 45.6. The van der Waals surface area contributed by atoms with Crippen LogP contribution in [0.15, 0.2) is 24.4 Å². The molecule has 2 aromatic rings. The molecule has 0 saturated carbocycles. The highest BCUT2D eigenvalue weighted by atomic mass is 31.2. The molecule has 0 saturated heterocycles. The molecule has 160 valence electrons. The molecule has 1 heterocycles. The predicted molar refractivity (Wildman–Crippen MR) is 110 cm³/mol. The lowest BCUT2D eigenvalue weighted by Crippen LogP contribution is -2.51. The standard InChI is InChI=1S/C19H28N3O6P/c1-11(2)6-16(21-10-29(26,27)28)18(23)22-17(19(24)25)8-13-9-20-15-5-4-12(3)7-14(13)15/h4-5,7,9,11,16-17,20-21H,6,8,10H2,1-3H3,(H,22,23)(H,24,25)(H2,26,27,28)/t16-,17-/m0/s1. The van der Waals surface area contributed by atoms with E-state index in [1.807, 2.05) is 39.0 Å². The fourth-order valence-corrected chi connectivity index (χ4v) is 3.60. The smallest absolute Gasteiger partial charge is 0.339 e. The Morgan fingerprint density at radius 2 is 1.90 bits per heavy atom. The SMILES string of the molecule is Cc1ccc2[nH]cc(C[C@H](NC(=O)[C@H](CC(C)C)NCP(=O)(O)O)C(=O)O)c2c1.